The number of hydrogen-bond donors (Lipinski definition) is 1. The number of ether oxygens (including phenoxy) is 1. The highest BCUT2D eigenvalue weighted by molar-refractivity contribution is 5.75. The van der Waals surface area contributed by atoms with Crippen molar-refractivity contribution in [2.24, 2.45) is 5.73 Å². The monoisotopic (exact) mass is 212 g/mol. The molecule has 0 aliphatic carbocycles. The Balaban J connectivity index is 2.44. The molecule has 0 bridgehead atoms. The number of primary amides is 1. The summed E-state index contributed by atoms with van der Waals surface area (Å²) in [6.07, 6.45) is -0.816. The first-order chi connectivity index (χ1) is 7.77. The molecule has 79 valence electrons. The Morgan fingerprint density at radius 3 is 2.56 bits per heavy atom. The fraction of sp³-hybridized carbons (Fsp3) is 0. The normalized spacial score (nSPS) is 9.75. The van der Waals surface area contributed by atoms with Gasteiger partial charge in [-0.2, -0.15) is 0 Å². The number of carbonyl (C=O) groups excluding carboxylic acids is 1. The van der Waals surface area contributed by atoms with E-state index in [2.05, 4.69) is 6.07 Å². The van der Waals surface area contributed by atoms with E-state index in [0.29, 0.717) is 5.75 Å². The third kappa shape index (κ3) is 2.20. The molecule has 0 aliphatic rings. The summed E-state index contributed by atoms with van der Waals surface area (Å²) in [5, 5.41) is 0. The Hall–Kier alpha value is -2.29. The first-order valence-corrected chi connectivity index (χ1v) is 4.81. The number of amides is 1. The summed E-state index contributed by atoms with van der Waals surface area (Å²) < 4.78 is 4.92. The van der Waals surface area contributed by atoms with E-state index < -0.39 is 6.09 Å². The van der Waals surface area contributed by atoms with Crippen LogP contribution in [0.5, 0.6) is 5.75 Å². The van der Waals surface area contributed by atoms with Gasteiger partial charge in [0.15, 0.2) is 0 Å². The molecule has 3 nitrogen and oxygen atoms in total. The molecular formula is C13H10NO2. The molecule has 0 spiro atoms. The van der Waals surface area contributed by atoms with Crippen LogP contribution >= 0.6 is 0 Å². The second-order valence-electron chi connectivity index (χ2n) is 3.19. The highest BCUT2D eigenvalue weighted by Gasteiger charge is 2.07. The number of rotatable bonds is 2. The Kier molecular flexibility index (Phi) is 2.87. The highest BCUT2D eigenvalue weighted by Crippen LogP contribution is 2.28. The van der Waals surface area contributed by atoms with Crippen molar-refractivity contribution in [2.75, 3.05) is 0 Å². The number of para-hydroxylation sites is 1. The molecule has 0 unspecified atom stereocenters. The SMILES string of the molecule is NC(=O)Oc1ccccc1-c1[c]cccc1. The van der Waals surface area contributed by atoms with Crippen LogP contribution in [0.2, 0.25) is 0 Å². The molecule has 0 saturated heterocycles. The summed E-state index contributed by atoms with van der Waals surface area (Å²) in [6, 6.07) is 17.7. The minimum absolute atomic E-state index is 0.442. The molecular weight excluding hydrogens is 202 g/mol. The van der Waals surface area contributed by atoms with Crippen LogP contribution in [0.1, 0.15) is 0 Å². The first-order valence-electron chi connectivity index (χ1n) is 4.81. The fourth-order valence-electron chi connectivity index (χ4n) is 1.45. The van der Waals surface area contributed by atoms with Gasteiger partial charge in [0.05, 0.1) is 0 Å². The van der Waals surface area contributed by atoms with Crippen molar-refractivity contribution in [1.29, 1.82) is 0 Å². The minimum atomic E-state index is -0.816. The van der Waals surface area contributed by atoms with Crippen LogP contribution < -0.4 is 10.5 Å². The third-order valence-corrected chi connectivity index (χ3v) is 2.10. The van der Waals surface area contributed by atoms with Gasteiger partial charge in [-0.15, -0.1) is 0 Å². The lowest BCUT2D eigenvalue weighted by Crippen LogP contribution is -2.16. The van der Waals surface area contributed by atoms with Crippen LogP contribution in [-0.4, -0.2) is 6.09 Å². The first kappa shape index (κ1) is 10.2. The molecule has 16 heavy (non-hydrogen) atoms. The zero-order valence-electron chi connectivity index (χ0n) is 8.51. The molecule has 0 saturated carbocycles. The lowest BCUT2D eigenvalue weighted by Gasteiger charge is -2.07. The predicted molar refractivity (Wildman–Crippen MR) is 60.9 cm³/mol. The van der Waals surface area contributed by atoms with E-state index in [1.165, 1.54) is 0 Å². The van der Waals surface area contributed by atoms with E-state index in [-0.39, 0.29) is 0 Å². The van der Waals surface area contributed by atoms with Crippen LogP contribution in [0.3, 0.4) is 0 Å². The molecule has 2 rings (SSSR count). The maximum absolute atomic E-state index is 10.7. The molecule has 0 fully saturated rings. The Labute approximate surface area is 93.5 Å². The van der Waals surface area contributed by atoms with E-state index in [4.69, 9.17) is 10.5 Å². The van der Waals surface area contributed by atoms with Gasteiger partial charge >= 0.3 is 6.09 Å². The summed E-state index contributed by atoms with van der Waals surface area (Å²) in [4.78, 5) is 10.7. The Morgan fingerprint density at radius 1 is 1.12 bits per heavy atom. The van der Waals surface area contributed by atoms with E-state index >= 15 is 0 Å². The summed E-state index contributed by atoms with van der Waals surface area (Å²) >= 11 is 0. The van der Waals surface area contributed by atoms with Gasteiger partial charge in [-0.05, 0) is 17.7 Å². The molecule has 3 heteroatoms. The van der Waals surface area contributed by atoms with Gasteiger partial charge in [-0.1, -0.05) is 42.5 Å². The highest BCUT2D eigenvalue weighted by atomic mass is 16.5. The molecule has 2 aromatic rings. The maximum atomic E-state index is 10.7. The minimum Gasteiger partial charge on any atom is -0.410 e. The van der Waals surface area contributed by atoms with Crippen LogP contribution in [0.25, 0.3) is 11.1 Å². The van der Waals surface area contributed by atoms with Gasteiger partial charge in [-0.3, -0.25) is 0 Å². The summed E-state index contributed by atoms with van der Waals surface area (Å²) in [5.74, 6) is 0.442. The van der Waals surface area contributed by atoms with E-state index in [1.54, 1.807) is 18.2 Å². The van der Waals surface area contributed by atoms with E-state index in [1.807, 2.05) is 30.3 Å². The standard InChI is InChI=1S/C13H10NO2/c14-13(15)16-12-9-5-4-8-11(12)10-6-2-1-3-7-10/h1-6,8-9H,(H2,14,15). The van der Waals surface area contributed by atoms with Crippen LogP contribution in [-0.2, 0) is 0 Å². The number of hydrogen-bond acceptors (Lipinski definition) is 2. The second kappa shape index (κ2) is 4.49. The van der Waals surface area contributed by atoms with Crippen molar-refractivity contribution in [1.82, 2.24) is 0 Å². The second-order valence-corrected chi connectivity index (χ2v) is 3.19. The van der Waals surface area contributed by atoms with Crippen molar-refractivity contribution < 1.29 is 9.53 Å². The fourth-order valence-corrected chi connectivity index (χ4v) is 1.45. The lowest BCUT2D eigenvalue weighted by molar-refractivity contribution is 0.211. The van der Waals surface area contributed by atoms with Gasteiger partial charge in [0, 0.05) is 5.56 Å². The molecule has 0 atom stereocenters. The van der Waals surface area contributed by atoms with Gasteiger partial charge in [0.25, 0.3) is 0 Å². The molecule has 0 heterocycles. The average Bonchev–Trinajstić information content (AvgIpc) is 2.30. The summed E-state index contributed by atoms with van der Waals surface area (Å²) in [6.45, 7) is 0. The summed E-state index contributed by atoms with van der Waals surface area (Å²) in [5.41, 5.74) is 6.65. The third-order valence-electron chi connectivity index (χ3n) is 2.10. The summed E-state index contributed by atoms with van der Waals surface area (Å²) in [7, 11) is 0. The maximum Gasteiger partial charge on any atom is 0.409 e. The molecule has 2 N–H and O–H groups in total. The Bertz CT molecular complexity index is 494. The molecule has 2 aromatic carbocycles. The Morgan fingerprint density at radius 2 is 1.88 bits per heavy atom. The van der Waals surface area contributed by atoms with Gasteiger partial charge in [0.1, 0.15) is 5.75 Å². The van der Waals surface area contributed by atoms with Crippen molar-refractivity contribution in [2.45, 2.75) is 0 Å². The number of benzene rings is 2. The van der Waals surface area contributed by atoms with Crippen molar-refractivity contribution >= 4 is 6.09 Å². The molecule has 0 aromatic heterocycles. The molecule has 0 aliphatic heterocycles. The molecule has 1 radical (unpaired) electrons. The van der Waals surface area contributed by atoms with Crippen molar-refractivity contribution in [3.8, 4) is 16.9 Å². The predicted octanol–water partition coefficient (Wildman–Crippen LogP) is 2.61. The smallest absolute Gasteiger partial charge is 0.409 e. The zero-order chi connectivity index (χ0) is 11.4. The van der Waals surface area contributed by atoms with Crippen LogP contribution in [0, 0.1) is 6.07 Å². The molecule has 1 amide bonds. The van der Waals surface area contributed by atoms with Gasteiger partial charge in [0.2, 0.25) is 0 Å². The van der Waals surface area contributed by atoms with E-state index in [0.717, 1.165) is 11.1 Å². The van der Waals surface area contributed by atoms with Crippen LogP contribution in [0.4, 0.5) is 4.79 Å². The average molecular weight is 212 g/mol. The van der Waals surface area contributed by atoms with Crippen molar-refractivity contribution in [3.63, 3.8) is 0 Å². The largest absolute Gasteiger partial charge is 0.410 e. The number of carbonyl (C=O) groups is 1. The van der Waals surface area contributed by atoms with Gasteiger partial charge < -0.3 is 10.5 Å². The zero-order valence-corrected chi connectivity index (χ0v) is 8.51. The van der Waals surface area contributed by atoms with Gasteiger partial charge in [-0.25, -0.2) is 4.79 Å². The lowest BCUT2D eigenvalue weighted by atomic mass is 10.1. The van der Waals surface area contributed by atoms with Crippen LogP contribution in [0.15, 0.2) is 48.5 Å². The van der Waals surface area contributed by atoms with E-state index in [9.17, 15) is 4.79 Å². The van der Waals surface area contributed by atoms with Crippen molar-refractivity contribution in [3.05, 3.63) is 54.6 Å². The quantitative estimate of drug-likeness (QED) is 0.831. The number of nitrogens with two attached hydrogens (primary N) is 1. The topological polar surface area (TPSA) is 52.3 Å².